The van der Waals surface area contributed by atoms with Crippen LogP contribution in [0.4, 0.5) is 5.82 Å². The van der Waals surface area contributed by atoms with Crippen LogP contribution in [-0.4, -0.2) is 16.1 Å². The molecule has 0 bridgehead atoms. The molecule has 0 saturated heterocycles. The number of rotatable bonds is 3. The molecule has 0 aliphatic heterocycles. The summed E-state index contributed by atoms with van der Waals surface area (Å²) in [5.74, 6) is 2.90. The molecule has 1 amide bonds. The Labute approximate surface area is 83.1 Å². The van der Waals surface area contributed by atoms with Crippen molar-refractivity contribution in [2.75, 3.05) is 5.32 Å². The van der Waals surface area contributed by atoms with Crippen molar-refractivity contribution in [2.24, 2.45) is 0 Å². The largest absolute Gasteiger partial charge is 0.309 e. The van der Waals surface area contributed by atoms with Gasteiger partial charge in [0, 0.05) is 24.1 Å². The molecule has 0 fully saturated rings. The topological polar surface area (TPSA) is 57.8 Å². The molecule has 4 nitrogen and oxygen atoms in total. The van der Waals surface area contributed by atoms with Gasteiger partial charge in [-0.1, -0.05) is 0 Å². The summed E-state index contributed by atoms with van der Waals surface area (Å²) in [6.07, 6.45) is 5.84. The van der Waals surface area contributed by atoms with Crippen molar-refractivity contribution in [1.29, 1.82) is 0 Å². The van der Waals surface area contributed by atoms with E-state index in [-0.39, 0.29) is 5.91 Å². The van der Waals surface area contributed by atoms with E-state index in [1.54, 1.807) is 0 Å². The van der Waals surface area contributed by atoms with Gasteiger partial charge in [-0.25, -0.2) is 0 Å². The quantitative estimate of drug-likeness (QED) is 0.709. The Hall–Kier alpha value is -1.76. The van der Waals surface area contributed by atoms with Gasteiger partial charge in [0.2, 0.25) is 5.91 Å². The number of aromatic amines is 1. The average molecular weight is 191 g/mol. The third kappa shape index (κ3) is 2.36. The van der Waals surface area contributed by atoms with Crippen LogP contribution in [0.25, 0.3) is 0 Å². The van der Waals surface area contributed by atoms with Crippen molar-refractivity contribution >= 4 is 11.7 Å². The summed E-state index contributed by atoms with van der Waals surface area (Å²) in [5, 5.41) is 9.44. The molecule has 4 heteroatoms. The first-order valence-corrected chi connectivity index (χ1v) is 4.40. The number of nitrogens with one attached hydrogen (secondary N) is 2. The standard InChI is InChI=1S/C10H13N3O/c1-4-5-6-9(14)11-10-7(2)8(3)12-13-10/h1H,5-6H2,2-3H3,(H2,11,12,13,14). The number of nitrogens with zero attached hydrogens (tertiary/aromatic N) is 1. The molecule has 74 valence electrons. The minimum absolute atomic E-state index is 0.0995. The Bertz CT molecular complexity index is 373. The highest BCUT2D eigenvalue weighted by Gasteiger charge is 2.08. The van der Waals surface area contributed by atoms with Crippen LogP contribution in [0, 0.1) is 26.2 Å². The van der Waals surface area contributed by atoms with Crippen LogP contribution in [0.1, 0.15) is 24.1 Å². The molecular formula is C10H13N3O. The number of carbonyl (C=O) groups is 1. The molecule has 0 atom stereocenters. The number of aryl methyl sites for hydroxylation is 1. The third-order valence-corrected chi connectivity index (χ3v) is 2.01. The smallest absolute Gasteiger partial charge is 0.226 e. The van der Waals surface area contributed by atoms with Crippen LogP contribution in [0.5, 0.6) is 0 Å². The highest BCUT2D eigenvalue weighted by Crippen LogP contribution is 2.13. The summed E-state index contributed by atoms with van der Waals surface area (Å²) in [6, 6.07) is 0. The van der Waals surface area contributed by atoms with Crippen molar-refractivity contribution in [2.45, 2.75) is 26.7 Å². The highest BCUT2D eigenvalue weighted by molar-refractivity contribution is 5.90. The number of aromatic nitrogens is 2. The zero-order valence-corrected chi connectivity index (χ0v) is 8.35. The number of hydrogen-bond acceptors (Lipinski definition) is 2. The minimum atomic E-state index is -0.0995. The summed E-state index contributed by atoms with van der Waals surface area (Å²) < 4.78 is 0. The zero-order valence-electron chi connectivity index (χ0n) is 8.35. The van der Waals surface area contributed by atoms with Gasteiger partial charge in [0.05, 0.1) is 0 Å². The van der Waals surface area contributed by atoms with Gasteiger partial charge in [0.1, 0.15) is 0 Å². The molecule has 0 aromatic carbocycles. The van der Waals surface area contributed by atoms with Crippen molar-refractivity contribution in [3.05, 3.63) is 11.3 Å². The number of anilines is 1. The normalized spacial score (nSPS) is 9.50. The molecule has 0 saturated carbocycles. The van der Waals surface area contributed by atoms with Crippen LogP contribution in [0.2, 0.25) is 0 Å². The number of H-pyrrole nitrogens is 1. The lowest BCUT2D eigenvalue weighted by Crippen LogP contribution is -2.11. The lowest BCUT2D eigenvalue weighted by atomic mass is 10.2. The highest BCUT2D eigenvalue weighted by atomic mass is 16.1. The summed E-state index contributed by atoms with van der Waals surface area (Å²) in [7, 11) is 0. The number of terminal acetylenes is 1. The second kappa shape index (κ2) is 4.47. The molecule has 1 heterocycles. The Balaban J connectivity index is 2.57. The predicted molar refractivity (Wildman–Crippen MR) is 54.8 cm³/mol. The van der Waals surface area contributed by atoms with Crippen LogP contribution in [0.3, 0.4) is 0 Å². The first-order valence-electron chi connectivity index (χ1n) is 4.40. The molecule has 0 radical (unpaired) electrons. The summed E-state index contributed by atoms with van der Waals surface area (Å²) in [4.78, 5) is 11.3. The van der Waals surface area contributed by atoms with E-state index in [0.29, 0.717) is 18.7 Å². The second-order valence-electron chi connectivity index (χ2n) is 3.07. The van der Waals surface area contributed by atoms with Gasteiger partial charge < -0.3 is 5.32 Å². The van der Waals surface area contributed by atoms with E-state index in [9.17, 15) is 4.79 Å². The van der Waals surface area contributed by atoms with Gasteiger partial charge in [0.25, 0.3) is 0 Å². The fourth-order valence-corrected chi connectivity index (χ4v) is 0.987. The molecule has 1 aromatic heterocycles. The fraction of sp³-hybridized carbons (Fsp3) is 0.400. The van der Waals surface area contributed by atoms with Gasteiger partial charge in [-0.2, -0.15) is 5.10 Å². The van der Waals surface area contributed by atoms with Gasteiger partial charge in [-0.15, -0.1) is 12.3 Å². The first-order chi connectivity index (χ1) is 6.65. The van der Waals surface area contributed by atoms with Crippen LogP contribution < -0.4 is 5.32 Å². The number of amides is 1. The van der Waals surface area contributed by atoms with E-state index in [1.165, 1.54) is 0 Å². The maximum Gasteiger partial charge on any atom is 0.226 e. The lowest BCUT2D eigenvalue weighted by molar-refractivity contribution is -0.116. The molecule has 1 aromatic rings. The van der Waals surface area contributed by atoms with Crippen molar-refractivity contribution < 1.29 is 4.79 Å². The molecule has 0 spiro atoms. The predicted octanol–water partition coefficient (Wildman–Crippen LogP) is 1.38. The van der Waals surface area contributed by atoms with E-state index >= 15 is 0 Å². The fourth-order valence-electron chi connectivity index (χ4n) is 0.987. The molecule has 0 aliphatic carbocycles. The summed E-state index contributed by atoms with van der Waals surface area (Å²) in [5.41, 5.74) is 1.91. The summed E-state index contributed by atoms with van der Waals surface area (Å²) >= 11 is 0. The van der Waals surface area contributed by atoms with Gasteiger partial charge in [-0.05, 0) is 13.8 Å². The Morgan fingerprint density at radius 1 is 1.64 bits per heavy atom. The van der Waals surface area contributed by atoms with E-state index < -0.39 is 0 Å². The summed E-state index contributed by atoms with van der Waals surface area (Å²) in [6.45, 7) is 3.80. The minimum Gasteiger partial charge on any atom is -0.309 e. The number of hydrogen-bond donors (Lipinski definition) is 2. The van der Waals surface area contributed by atoms with Gasteiger partial charge >= 0.3 is 0 Å². The van der Waals surface area contributed by atoms with Gasteiger partial charge in [0.15, 0.2) is 5.82 Å². The van der Waals surface area contributed by atoms with Crippen molar-refractivity contribution in [3.63, 3.8) is 0 Å². The number of carbonyl (C=O) groups excluding carboxylic acids is 1. The van der Waals surface area contributed by atoms with Crippen LogP contribution in [-0.2, 0) is 4.79 Å². The maximum absolute atomic E-state index is 11.3. The molecule has 14 heavy (non-hydrogen) atoms. The van der Waals surface area contributed by atoms with E-state index in [1.807, 2.05) is 13.8 Å². The van der Waals surface area contributed by atoms with Crippen molar-refractivity contribution in [1.82, 2.24) is 10.2 Å². The molecule has 1 rings (SSSR count). The Kier molecular flexibility index (Phi) is 3.29. The second-order valence-corrected chi connectivity index (χ2v) is 3.07. The molecule has 2 N–H and O–H groups in total. The molecule has 0 unspecified atom stereocenters. The lowest BCUT2D eigenvalue weighted by Gasteiger charge is -2.00. The SMILES string of the molecule is C#CCCC(=O)Nc1n[nH]c(C)c1C. The molecule has 0 aliphatic rings. The van der Waals surface area contributed by atoms with E-state index in [4.69, 9.17) is 6.42 Å². The van der Waals surface area contributed by atoms with Crippen LogP contribution in [0.15, 0.2) is 0 Å². The van der Waals surface area contributed by atoms with E-state index in [2.05, 4.69) is 21.4 Å². The van der Waals surface area contributed by atoms with Crippen molar-refractivity contribution in [3.8, 4) is 12.3 Å². The van der Waals surface area contributed by atoms with Gasteiger partial charge in [-0.3, -0.25) is 9.89 Å². The van der Waals surface area contributed by atoms with E-state index in [0.717, 1.165) is 11.3 Å². The third-order valence-electron chi connectivity index (χ3n) is 2.01. The Morgan fingerprint density at radius 3 is 2.86 bits per heavy atom. The average Bonchev–Trinajstić information content (AvgIpc) is 2.46. The Morgan fingerprint density at radius 2 is 2.36 bits per heavy atom. The van der Waals surface area contributed by atoms with Crippen LogP contribution >= 0.6 is 0 Å². The maximum atomic E-state index is 11.3. The monoisotopic (exact) mass is 191 g/mol. The zero-order chi connectivity index (χ0) is 10.6. The first kappa shape index (κ1) is 10.3. The molecular weight excluding hydrogens is 178 g/mol.